The molecule has 2 rings (SSSR count). The highest BCUT2D eigenvalue weighted by Gasteiger charge is 2.39. The van der Waals surface area contributed by atoms with Gasteiger partial charge in [-0.15, -0.1) is 0 Å². The van der Waals surface area contributed by atoms with Crippen molar-refractivity contribution in [1.29, 1.82) is 0 Å². The summed E-state index contributed by atoms with van der Waals surface area (Å²) in [6.45, 7) is 6.19. The fourth-order valence-corrected chi connectivity index (χ4v) is 3.18. The van der Waals surface area contributed by atoms with Crippen molar-refractivity contribution >= 4 is 5.97 Å². The summed E-state index contributed by atoms with van der Waals surface area (Å²) >= 11 is 0. The number of aliphatic carboxylic acids is 1. The fourth-order valence-electron chi connectivity index (χ4n) is 3.18. The molecule has 1 saturated carbocycles. The van der Waals surface area contributed by atoms with E-state index in [2.05, 4.69) is 11.8 Å². The molecule has 0 aromatic carbocycles. The van der Waals surface area contributed by atoms with Crippen molar-refractivity contribution in [3.63, 3.8) is 0 Å². The molecule has 0 aromatic heterocycles. The predicted octanol–water partition coefficient (Wildman–Crippen LogP) is 2.22. The summed E-state index contributed by atoms with van der Waals surface area (Å²) in [5, 5.41) is 8.95. The summed E-state index contributed by atoms with van der Waals surface area (Å²) in [7, 11) is 0. The molecule has 2 aliphatic rings. The van der Waals surface area contributed by atoms with Crippen LogP contribution in [0.2, 0.25) is 0 Å². The molecule has 2 fully saturated rings. The lowest BCUT2D eigenvalue weighted by Crippen LogP contribution is -2.57. The average Bonchev–Trinajstić information content (AvgIpc) is 2.18. The fraction of sp³-hybridized carbons (Fsp3) is 0.923. The van der Waals surface area contributed by atoms with E-state index in [9.17, 15) is 4.79 Å². The second-order valence-electron chi connectivity index (χ2n) is 5.67. The number of carbonyl (C=O) groups is 1. The highest BCUT2D eigenvalue weighted by Crippen LogP contribution is 2.34. The molecule has 3 unspecified atom stereocenters. The van der Waals surface area contributed by atoms with Crippen LogP contribution < -0.4 is 0 Å². The van der Waals surface area contributed by atoms with Gasteiger partial charge in [0, 0.05) is 19.1 Å². The van der Waals surface area contributed by atoms with Crippen LogP contribution in [0.4, 0.5) is 0 Å². The zero-order chi connectivity index (χ0) is 11.7. The Hall–Kier alpha value is -0.570. The first-order valence-electron chi connectivity index (χ1n) is 6.56. The van der Waals surface area contributed by atoms with Gasteiger partial charge in [-0.05, 0) is 24.7 Å². The Kier molecular flexibility index (Phi) is 3.53. The van der Waals surface area contributed by atoms with Gasteiger partial charge in [-0.3, -0.25) is 9.69 Å². The lowest BCUT2D eigenvalue weighted by Gasteiger charge is -2.49. The summed E-state index contributed by atoms with van der Waals surface area (Å²) in [5.74, 6) is 0.373. The number of hydrogen-bond donors (Lipinski definition) is 1. The molecule has 16 heavy (non-hydrogen) atoms. The largest absolute Gasteiger partial charge is 0.481 e. The first kappa shape index (κ1) is 11.9. The van der Waals surface area contributed by atoms with Crippen LogP contribution >= 0.6 is 0 Å². The van der Waals surface area contributed by atoms with E-state index in [-0.39, 0.29) is 5.92 Å². The van der Waals surface area contributed by atoms with Gasteiger partial charge in [0.15, 0.2) is 0 Å². The van der Waals surface area contributed by atoms with E-state index in [0.29, 0.717) is 5.92 Å². The molecule has 3 atom stereocenters. The first-order chi connectivity index (χ1) is 7.59. The van der Waals surface area contributed by atoms with Crippen LogP contribution in [0.3, 0.4) is 0 Å². The summed E-state index contributed by atoms with van der Waals surface area (Å²) < 4.78 is 0. The SMILES string of the molecule is CC1CCCCC1N1CC(C(C)C(=O)O)C1. The molecule has 1 aliphatic heterocycles. The molecule has 0 amide bonds. The average molecular weight is 225 g/mol. The van der Waals surface area contributed by atoms with Crippen molar-refractivity contribution in [2.75, 3.05) is 13.1 Å². The molecule has 1 saturated heterocycles. The first-order valence-corrected chi connectivity index (χ1v) is 6.56. The second-order valence-corrected chi connectivity index (χ2v) is 5.67. The summed E-state index contributed by atoms with van der Waals surface area (Å²) in [6, 6.07) is 0.728. The van der Waals surface area contributed by atoms with Crippen molar-refractivity contribution in [3.05, 3.63) is 0 Å². The van der Waals surface area contributed by atoms with Gasteiger partial charge >= 0.3 is 5.97 Å². The minimum Gasteiger partial charge on any atom is -0.481 e. The van der Waals surface area contributed by atoms with Gasteiger partial charge in [-0.25, -0.2) is 0 Å². The van der Waals surface area contributed by atoms with E-state index in [4.69, 9.17) is 5.11 Å². The summed E-state index contributed by atoms with van der Waals surface area (Å²) in [4.78, 5) is 13.4. The minimum atomic E-state index is -0.638. The number of carboxylic acid groups (broad SMARTS) is 1. The quantitative estimate of drug-likeness (QED) is 0.800. The van der Waals surface area contributed by atoms with E-state index in [1.54, 1.807) is 0 Å². The number of nitrogens with zero attached hydrogens (tertiary/aromatic N) is 1. The standard InChI is InChI=1S/C13H23NO2/c1-9-5-3-4-6-12(9)14-7-11(8-14)10(2)13(15)16/h9-12H,3-8H2,1-2H3,(H,15,16). The van der Waals surface area contributed by atoms with Gasteiger partial charge in [0.05, 0.1) is 5.92 Å². The molecule has 0 aromatic rings. The van der Waals surface area contributed by atoms with Gasteiger partial charge in [-0.2, -0.15) is 0 Å². The van der Waals surface area contributed by atoms with E-state index >= 15 is 0 Å². The molecule has 0 spiro atoms. The zero-order valence-electron chi connectivity index (χ0n) is 10.4. The predicted molar refractivity (Wildman–Crippen MR) is 63.3 cm³/mol. The van der Waals surface area contributed by atoms with Crippen LogP contribution in [0.25, 0.3) is 0 Å². The van der Waals surface area contributed by atoms with Gasteiger partial charge in [0.1, 0.15) is 0 Å². The topological polar surface area (TPSA) is 40.5 Å². The van der Waals surface area contributed by atoms with Crippen LogP contribution in [0.5, 0.6) is 0 Å². The second kappa shape index (κ2) is 4.74. The van der Waals surface area contributed by atoms with Crippen LogP contribution in [0.15, 0.2) is 0 Å². The number of hydrogen-bond acceptors (Lipinski definition) is 2. The Balaban J connectivity index is 1.81. The molecule has 1 heterocycles. The Morgan fingerprint density at radius 3 is 2.50 bits per heavy atom. The van der Waals surface area contributed by atoms with Gasteiger partial charge in [-0.1, -0.05) is 26.7 Å². The van der Waals surface area contributed by atoms with Crippen molar-refractivity contribution in [2.24, 2.45) is 17.8 Å². The van der Waals surface area contributed by atoms with Gasteiger partial charge < -0.3 is 5.11 Å². The third-order valence-corrected chi connectivity index (χ3v) is 4.57. The molecule has 3 nitrogen and oxygen atoms in total. The Morgan fingerprint density at radius 1 is 1.31 bits per heavy atom. The van der Waals surface area contributed by atoms with E-state index in [0.717, 1.165) is 25.0 Å². The molecular formula is C13H23NO2. The van der Waals surface area contributed by atoms with Crippen molar-refractivity contribution in [2.45, 2.75) is 45.6 Å². The van der Waals surface area contributed by atoms with E-state index in [1.165, 1.54) is 25.7 Å². The van der Waals surface area contributed by atoms with E-state index < -0.39 is 5.97 Å². The molecular weight excluding hydrogens is 202 g/mol. The minimum absolute atomic E-state index is 0.171. The summed E-state index contributed by atoms with van der Waals surface area (Å²) in [5.41, 5.74) is 0. The monoisotopic (exact) mass is 225 g/mol. The number of rotatable bonds is 3. The highest BCUT2D eigenvalue weighted by atomic mass is 16.4. The van der Waals surface area contributed by atoms with Crippen LogP contribution in [-0.2, 0) is 4.79 Å². The molecule has 1 aliphatic carbocycles. The van der Waals surface area contributed by atoms with Crippen molar-refractivity contribution < 1.29 is 9.90 Å². The smallest absolute Gasteiger partial charge is 0.306 e. The Morgan fingerprint density at radius 2 is 1.94 bits per heavy atom. The van der Waals surface area contributed by atoms with E-state index in [1.807, 2.05) is 6.92 Å². The number of carboxylic acids is 1. The van der Waals surface area contributed by atoms with Crippen LogP contribution in [0, 0.1) is 17.8 Å². The zero-order valence-corrected chi connectivity index (χ0v) is 10.4. The van der Waals surface area contributed by atoms with Gasteiger partial charge in [0.2, 0.25) is 0 Å². The highest BCUT2D eigenvalue weighted by molar-refractivity contribution is 5.70. The maximum atomic E-state index is 10.9. The van der Waals surface area contributed by atoms with Crippen LogP contribution in [-0.4, -0.2) is 35.1 Å². The molecule has 92 valence electrons. The van der Waals surface area contributed by atoms with Crippen molar-refractivity contribution in [1.82, 2.24) is 4.90 Å². The third kappa shape index (κ3) is 2.24. The normalized spacial score (nSPS) is 34.4. The van der Waals surface area contributed by atoms with Crippen LogP contribution in [0.1, 0.15) is 39.5 Å². The summed E-state index contributed by atoms with van der Waals surface area (Å²) in [6.07, 6.45) is 5.39. The Bertz CT molecular complexity index is 261. The lowest BCUT2D eigenvalue weighted by atomic mass is 9.79. The molecule has 3 heteroatoms. The lowest BCUT2D eigenvalue weighted by molar-refractivity contribution is -0.146. The maximum absolute atomic E-state index is 10.9. The number of likely N-dealkylation sites (tertiary alicyclic amines) is 1. The third-order valence-electron chi connectivity index (χ3n) is 4.57. The molecule has 1 N–H and O–H groups in total. The maximum Gasteiger partial charge on any atom is 0.306 e. The van der Waals surface area contributed by atoms with Gasteiger partial charge in [0.25, 0.3) is 0 Å². The molecule has 0 bridgehead atoms. The molecule has 0 radical (unpaired) electrons. The Labute approximate surface area is 97.8 Å². The van der Waals surface area contributed by atoms with Crippen molar-refractivity contribution in [3.8, 4) is 0 Å².